The largest absolute Gasteiger partial charge is 0.477 e. The fraction of sp³-hybridized carbons (Fsp3) is 0.160. The maximum Gasteiger partial charge on any atom is 0.262 e. The van der Waals surface area contributed by atoms with E-state index >= 15 is 0 Å². The van der Waals surface area contributed by atoms with Gasteiger partial charge in [-0.05, 0) is 36.4 Å². The topological polar surface area (TPSA) is 99.8 Å². The summed E-state index contributed by atoms with van der Waals surface area (Å²) in [5.41, 5.74) is 2.14. The first-order chi connectivity index (χ1) is 16.0. The molecule has 0 saturated heterocycles. The van der Waals surface area contributed by atoms with Gasteiger partial charge in [0.1, 0.15) is 5.75 Å². The first-order valence-electron chi connectivity index (χ1n) is 10.5. The minimum absolute atomic E-state index is 0.0114. The minimum Gasteiger partial charge on any atom is -0.477 e. The lowest BCUT2D eigenvalue weighted by Gasteiger charge is -2.35. The second kappa shape index (κ2) is 9.86. The van der Waals surface area contributed by atoms with Crippen LogP contribution in [-0.2, 0) is 9.59 Å². The van der Waals surface area contributed by atoms with Crippen molar-refractivity contribution in [2.75, 3.05) is 35.7 Å². The van der Waals surface area contributed by atoms with Gasteiger partial charge in [-0.15, -0.1) is 0 Å². The first-order valence-corrected chi connectivity index (χ1v) is 10.5. The number of rotatable bonds is 6. The van der Waals surface area contributed by atoms with Crippen molar-refractivity contribution in [3.63, 3.8) is 0 Å². The highest BCUT2D eigenvalue weighted by atomic mass is 16.5. The predicted octanol–water partition coefficient (Wildman–Crippen LogP) is 2.89. The maximum absolute atomic E-state index is 12.9. The SMILES string of the molecule is CNC(=O)[C@H]1CN(CC(=O)Nc2ccccc2C(=O)Nc2ccccc2)c2ccccc2O1. The van der Waals surface area contributed by atoms with E-state index < -0.39 is 6.10 Å². The average Bonchev–Trinajstić information content (AvgIpc) is 2.84. The molecular weight excluding hydrogens is 420 g/mol. The van der Waals surface area contributed by atoms with E-state index in [0.29, 0.717) is 22.7 Å². The van der Waals surface area contributed by atoms with Gasteiger partial charge >= 0.3 is 0 Å². The summed E-state index contributed by atoms with van der Waals surface area (Å²) < 4.78 is 5.78. The van der Waals surface area contributed by atoms with Gasteiger partial charge in [0, 0.05) is 12.7 Å². The molecule has 3 aromatic rings. The molecule has 168 valence electrons. The van der Waals surface area contributed by atoms with Crippen LogP contribution in [0.15, 0.2) is 78.9 Å². The summed E-state index contributed by atoms with van der Waals surface area (Å²) in [5, 5.41) is 8.24. The normalized spacial score (nSPS) is 14.5. The van der Waals surface area contributed by atoms with Crippen molar-refractivity contribution < 1.29 is 19.1 Å². The zero-order valence-electron chi connectivity index (χ0n) is 18.1. The van der Waals surface area contributed by atoms with Crippen LogP contribution in [0, 0.1) is 0 Å². The quantitative estimate of drug-likeness (QED) is 0.543. The molecular formula is C25H24N4O4. The van der Waals surface area contributed by atoms with Crippen molar-refractivity contribution >= 4 is 34.8 Å². The Hall–Kier alpha value is -4.33. The number of para-hydroxylation sites is 4. The Bertz CT molecular complexity index is 1170. The van der Waals surface area contributed by atoms with Crippen molar-refractivity contribution in [3.8, 4) is 5.75 Å². The van der Waals surface area contributed by atoms with Crippen LogP contribution in [0.3, 0.4) is 0 Å². The fourth-order valence-electron chi connectivity index (χ4n) is 3.63. The Balaban J connectivity index is 1.49. The molecule has 3 aromatic carbocycles. The number of anilines is 3. The maximum atomic E-state index is 12.9. The Labute approximate surface area is 191 Å². The van der Waals surface area contributed by atoms with Gasteiger partial charge in [0.2, 0.25) is 5.91 Å². The second-order valence-electron chi connectivity index (χ2n) is 7.48. The number of fused-ring (bicyclic) bond motifs is 1. The van der Waals surface area contributed by atoms with Crippen LogP contribution >= 0.6 is 0 Å². The lowest BCUT2D eigenvalue weighted by Crippen LogP contribution is -2.50. The van der Waals surface area contributed by atoms with Crippen LogP contribution < -0.4 is 25.6 Å². The van der Waals surface area contributed by atoms with Gasteiger partial charge in [0.15, 0.2) is 6.10 Å². The number of nitrogens with one attached hydrogen (secondary N) is 3. The number of carbonyl (C=O) groups is 3. The molecule has 0 bridgehead atoms. The molecule has 1 atom stereocenters. The number of likely N-dealkylation sites (N-methyl/N-ethyl adjacent to an activating group) is 1. The van der Waals surface area contributed by atoms with Crippen LogP contribution in [0.1, 0.15) is 10.4 Å². The molecule has 0 fully saturated rings. The Morgan fingerprint density at radius 1 is 0.909 bits per heavy atom. The number of amides is 3. The van der Waals surface area contributed by atoms with Gasteiger partial charge in [0.25, 0.3) is 11.8 Å². The molecule has 1 heterocycles. The van der Waals surface area contributed by atoms with Crippen molar-refractivity contribution in [1.82, 2.24) is 5.32 Å². The molecule has 4 rings (SSSR count). The molecule has 8 heteroatoms. The summed E-state index contributed by atoms with van der Waals surface area (Å²) in [6.07, 6.45) is -0.735. The molecule has 3 N–H and O–H groups in total. The van der Waals surface area contributed by atoms with Crippen LogP contribution in [0.5, 0.6) is 5.75 Å². The highest BCUT2D eigenvalue weighted by Crippen LogP contribution is 2.33. The van der Waals surface area contributed by atoms with Crippen LogP contribution in [0.25, 0.3) is 0 Å². The van der Waals surface area contributed by atoms with E-state index in [1.165, 1.54) is 0 Å². The lowest BCUT2D eigenvalue weighted by atomic mass is 10.1. The minimum atomic E-state index is -0.735. The zero-order valence-corrected chi connectivity index (χ0v) is 18.1. The van der Waals surface area contributed by atoms with Crippen LogP contribution in [0.4, 0.5) is 17.1 Å². The summed E-state index contributed by atoms with van der Waals surface area (Å²) in [4.78, 5) is 39.7. The standard InChI is InChI=1S/C25H24N4O4/c1-26-25(32)22-15-29(20-13-7-8-14-21(20)33-22)16-23(30)28-19-12-6-5-11-18(19)24(31)27-17-9-3-2-4-10-17/h2-14,22H,15-16H2,1H3,(H,26,32)(H,27,31)(H,28,30)/t22-/m1/s1. The highest BCUT2D eigenvalue weighted by Gasteiger charge is 2.31. The van der Waals surface area contributed by atoms with Gasteiger partial charge in [-0.2, -0.15) is 0 Å². The van der Waals surface area contributed by atoms with Crippen molar-refractivity contribution in [2.24, 2.45) is 0 Å². The van der Waals surface area contributed by atoms with E-state index in [1.54, 1.807) is 54.4 Å². The zero-order chi connectivity index (χ0) is 23.2. The Kier molecular flexibility index (Phi) is 6.54. The van der Waals surface area contributed by atoms with E-state index in [1.807, 2.05) is 36.4 Å². The van der Waals surface area contributed by atoms with Crippen LogP contribution in [-0.4, -0.2) is 44.0 Å². The van der Waals surface area contributed by atoms with Gasteiger partial charge in [-0.3, -0.25) is 14.4 Å². The molecule has 8 nitrogen and oxygen atoms in total. The molecule has 0 unspecified atom stereocenters. The summed E-state index contributed by atoms with van der Waals surface area (Å²) in [5.74, 6) is -0.374. The summed E-state index contributed by atoms with van der Waals surface area (Å²) in [6.45, 7) is 0.211. The van der Waals surface area contributed by atoms with Gasteiger partial charge in [0.05, 0.1) is 30.0 Å². The molecule has 3 amide bonds. The third-order valence-corrected chi connectivity index (χ3v) is 5.21. The number of nitrogens with zero attached hydrogens (tertiary/aromatic N) is 1. The third-order valence-electron chi connectivity index (χ3n) is 5.21. The monoisotopic (exact) mass is 444 g/mol. The van der Waals surface area contributed by atoms with E-state index in [2.05, 4.69) is 16.0 Å². The first kappa shape index (κ1) is 21.9. The van der Waals surface area contributed by atoms with Crippen LogP contribution in [0.2, 0.25) is 0 Å². The molecule has 0 radical (unpaired) electrons. The Morgan fingerprint density at radius 2 is 1.61 bits per heavy atom. The molecule has 0 saturated carbocycles. The molecule has 0 aromatic heterocycles. The summed E-state index contributed by atoms with van der Waals surface area (Å²) in [6, 6.07) is 23.2. The smallest absolute Gasteiger partial charge is 0.262 e. The third kappa shape index (κ3) is 5.12. The molecule has 0 aliphatic carbocycles. The number of benzene rings is 3. The van der Waals surface area contributed by atoms with E-state index in [4.69, 9.17) is 4.74 Å². The van der Waals surface area contributed by atoms with Crippen molar-refractivity contribution in [2.45, 2.75) is 6.10 Å². The lowest BCUT2D eigenvalue weighted by molar-refractivity contribution is -0.127. The number of hydrogen-bond acceptors (Lipinski definition) is 5. The van der Waals surface area contributed by atoms with Crippen molar-refractivity contribution in [3.05, 3.63) is 84.4 Å². The predicted molar refractivity (Wildman–Crippen MR) is 127 cm³/mol. The molecule has 33 heavy (non-hydrogen) atoms. The average molecular weight is 444 g/mol. The molecule has 0 spiro atoms. The summed E-state index contributed by atoms with van der Waals surface area (Å²) >= 11 is 0. The highest BCUT2D eigenvalue weighted by molar-refractivity contribution is 6.10. The molecule has 1 aliphatic rings. The Morgan fingerprint density at radius 3 is 2.39 bits per heavy atom. The van der Waals surface area contributed by atoms with Gasteiger partial charge < -0.3 is 25.6 Å². The van der Waals surface area contributed by atoms with Gasteiger partial charge in [-0.1, -0.05) is 42.5 Å². The number of carbonyl (C=O) groups excluding carboxylic acids is 3. The van der Waals surface area contributed by atoms with Crippen molar-refractivity contribution in [1.29, 1.82) is 0 Å². The van der Waals surface area contributed by atoms with E-state index in [0.717, 1.165) is 5.69 Å². The second-order valence-corrected chi connectivity index (χ2v) is 7.48. The van der Waals surface area contributed by atoms with E-state index in [-0.39, 0.29) is 30.8 Å². The fourth-order valence-corrected chi connectivity index (χ4v) is 3.63. The van der Waals surface area contributed by atoms with Gasteiger partial charge in [-0.25, -0.2) is 0 Å². The molecule has 1 aliphatic heterocycles. The summed E-state index contributed by atoms with van der Waals surface area (Å²) in [7, 11) is 1.54. The number of hydrogen-bond donors (Lipinski definition) is 3. The van der Waals surface area contributed by atoms with E-state index in [9.17, 15) is 14.4 Å². The number of ether oxygens (including phenoxy) is 1.